The standard InChI is InChI=1S/C13H14BrClN2O3/c14-8-13(5-1-2-6-13)16-12(18)10-7-9(15)3-4-11(10)17(19)20/h3-4,7H,1-2,5-6,8H2,(H,16,18). The van der Waals surface area contributed by atoms with Crippen LogP contribution in [0, 0.1) is 10.1 Å². The molecule has 1 aliphatic rings. The molecule has 0 aliphatic heterocycles. The van der Waals surface area contributed by atoms with Crippen LogP contribution in [0.5, 0.6) is 0 Å². The summed E-state index contributed by atoms with van der Waals surface area (Å²) in [6, 6.07) is 4.00. The molecule has 1 N–H and O–H groups in total. The third kappa shape index (κ3) is 3.12. The summed E-state index contributed by atoms with van der Waals surface area (Å²) in [6.45, 7) is 0. The second kappa shape index (κ2) is 6.10. The molecule has 7 heteroatoms. The van der Waals surface area contributed by atoms with Gasteiger partial charge in [-0.2, -0.15) is 0 Å². The van der Waals surface area contributed by atoms with Crippen LogP contribution in [0.15, 0.2) is 18.2 Å². The minimum atomic E-state index is -0.569. The molecule has 108 valence electrons. The van der Waals surface area contributed by atoms with Crippen molar-refractivity contribution in [2.24, 2.45) is 0 Å². The van der Waals surface area contributed by atoms with Crippen molar-refractivity contribution in [1.82, 2.24) is 5.32 Å². The van der Waals surface area contributed by atoms with Crippen molar-refractivity contribution in [1.29, 1.82) is 0 Å². The van der Waals surface area contributed by atoms with Crippen LogP contribution in [0.3, 0.4) is 0 Å². The second-order valence-electron chi connectivity index (χ2n) is 4.99. The van der Waals surface area contributed by atoms with Crippen molar-refractivity contribution in [3.8, 4) is 0 Å². The molecule has 1 aromatic carbocycles. The van der Waals surface area contributed by atoms with E-state index in [1.165, 1.54) is 18.2 Å². The summed E-state index contributed by atoms with van der Waals surface area (Å²) in [5, 5.41) is 14.9. The molecular weight excluding hydrogens is 348 g/mol. The number of nitrogens with zero attached hydrogens (tertiary/aromatic N) is 1. The molecule has 0 atom stereocenters. The largest absolute Gasteiger partial charge is 0.346 e. The Kier molecular flexibility index (Phi) is 4.65. The molecule has 1 aliphatic carbocycles. The van der Waals surface area contributed by atoms with Gasteiger partial charge in [-0.25, -0.2) is 0 Å². The summed E-state index contributed by atoms with van der Waals surface area (Å²) in [5.74, 6) is -0.444. The second-order valence-corrected chi connectivity index (χ2v) is 5.99. The minimum Gasteiger partial charge on any atom is -0.346 e. The van der Waals surface area contributed by atoms with E-state index < -0.39 is 10.8 Å². The number of benzene rings is 1. The zero-order valence-electron chi connectivity index (χ0n) is 10.7. The summed E-state index contributed by atoms with van der Waals surface area (Å²) < 4.78 is 0. The molecule has 0 aromatic heterocycles. The predicted molar refractivity (Wildman–Crippen MR) is 80.6 cm³/mol. The summed E-state index contributed by atoms with van der Waals surface area (Å²) in [6.07, 6.45) is 3.84. The number of rotatable bonds is 4. The fourth-order valence-corrected chi connectivity index (χ4v) is 3.37. The van der Waals surface area contributed by atoms with Crippen LogP contribution in [0.1, 0.15) is 36.0 Å². The molecule has 0 heterocycles. The molecule has 0 radical (unpaired) electrons. The summed E-state index contributed by atoms with van der Waals surface area (Å²) in [5.41, 5.74) is -0.530. The predicted octanol–water partition coefficient (Wildman–Crippen LogP) is 3.69. The molecule has 0 spiro atoms. The van der Waals surface area contributed by atoms with E-state index in [9.17, 15) is 14.9 Å². The van der Waals surface area contributed by atoms with E-state index in [0.29, 0.717) is 10.4 Å². The Labute approximate surface area is 130 Å². The minimum absolute atomic E-state index is 0.00900. The number of hydrogen-bond donors (Lipinski definition) is 1. The summed E-state index contributed by atoms with van der Waals surface area (Å²) >= 11 is 9.26. The monoisotopic (exact) mass is 360 g/mol. The van der Waals surface area contributed by atoms with Gasteiger partial charge in [0.2, 0.25) is 0 Å². The maximum absolute atomic E-state index is 12.3. The molecule has 1 amide bonds. The molecule has 2 rings (SSSR count). The van der Waals surface area contributed by atoms with Crippen molar-refractivity contribution in [2.75, 3.05) is 5.33 Å². The lowest BCUT2D eigenvalue weighted by Crippen LogP contribution is -2.47. The highest BCUT2D eigenvalue weighted by Crippen LogP contribution is 2.32. The molecule has 0 saturated heterocycles. The lowest BCUT2D eigenvalue weighted by atomic mass is 9.99. The van der Waals surface area contributed by atoms with Crippen LogP contribution in [0.2, 0.25) is 5.02 Å². The first-order chi connectivity index (χ1) is 9.47. The van der Waals surface area contributed by atoms with E-state index in [1.54, 1.807) is 0 Å². The summed E-state index contributed by atoms with van der Waals surface area (Å²) in [7, 11) is 0. The number of hydrogen-bond acceptors (Lipinski definition) is 3. The Morgan fingerprint density at radius 2 is 2.10 bits per heavy atom. The third-order valence-electron chi connectivity index (χ3n) is 3.60. The Morgan fingerprint density at radius 1 is 1.45 bits per heavy atom. The van der Waals surface area contributed by atoms with E-state index in [0.717, 1.165) is 25.7 Å². The zero-order valence-corrected chi connectivity index (χ0v) is 13.0. The molecule has 0 unspecified atom stereocenters. The van der Waals surface area contributed by atoms with E-state index in [1.807, 2.05) is 0 Å². The SMILES string of the molecule is O=C(NC1(CBr)CCCC1)c1cc(Cl)ccc1[N+](=O)[O-]. The number of amides is 1. The molecule has 20 heavy (non-hydrogen) atoms. The molecule has 1 fully saturated rings. The van der Waals surface area contributed by atoms with Crippen molar-refractivity contribution in [3.05, 3.63) is 38.9 Å². The van der Waals surface area contributed by atoms with E-state index >= 15 is 0 Å². The van der Waals surface area contributed by atoms with Gasteiger partial charge in [-0.1, -0.05) is 40.4 Å². The maximum Gasteiger partial charge on any atom is 0.282 e. The average molecular weight is 362 g/mol. The van der Waals surface area contributed by atoms with E-state index in [4.69, 9.17) is 11.6 Å². The Morgan fingerprint density at radius 3 is 2.65 bits per heavy atom. The maximum atomic E-state index is 12.3. The van der Waals surface area contributed by atoms with Crippen LogP contribution in [0.4, 0.5) is 5.69 Å². The Balaban J connectivity index is 2.29. The average Bonchev–Trinajstić information content (AvgIpc) is 2.87. The topological polar surface area (TPSA) is 72.2 Å². The smallest absolute Gasteiger partial charge is 0.282 e. The number of alkyl halides is 1. The Hall–Kier alpha value is -1.14. The molecule has 1 saturated carbocycles. The van der Waals surface area contributed by atoms with E-state index in [2.05, 4.69) is 21.2 Å². The highest BCUT2D eigenvalue weighted by atomic mass is 79.9. The third-order valence-corrected chi connectivity index (χ3v) is 4.90. The van der Waals surface area contributed by atoms with Gasteiger partial charge in [0.15, 0.2) is 0 Å². The van der Waals surface area contributed by atoms with Gasteiger partial charge in [-0.15, -0.1) is 0 Å². The van der Waals surface area contributed by atoms with Gasteiger partial charge in [0.1, 0.15) is 5.56 Å². The van der Waals surface area contributed by atoms with Gasteiger partial charge in [-0.05, 0) is 25.0 Å². The van der Waals surface area contributed by atoms with Crippen molar-refractivity contribution in [3.63, 3.8) is 0 Å². The van der Waals surface area contributed by atoms with Gasteiger partial charge in [0, 0.05) is 16.4 Å². The van der Waals surface area contributed by atoms with Gasteiger partial charge in [0.05, 0.1) is 10.5 Å². The van der Waals surface area contributed by atoms with Gasteiger partial charge in [-0.3, -0.25) is 14.9 Å². The van der Waals surface area contributed by atoms with E-state index in [-0.39, 0.29) is 16.8 Å². The van der Waals surface area contributed by atoms with Gasteiger partial charge < -0.3 is 5.32 Å². The van der Waals surface area contributed by atoms with Crippen LogP contribution >= 0.6 is 27.5 Å². The van der Waals surface area contributed by atoms with Crippen LogP contribution in [0.25, 0.3) is 0 Å². The first-order valence-electron chi connectivity index (χ1n) is 6.30. The fraction of sp³-hybridized carbons (Fsp3) is 0.462. The van der Waals surface area contributed by atoms with Gasteiger partial charge >= 0.3 is 0 Å². The highest BCUT2D eigenvalue weighted by Gasteiger charge is 2.35. The van der Waals surface area contributed by atoms with Gasteiger partial charge in [0.25, 0.3) is 11.6 Å². The molecule has 1 aromatic rings. The number of nitro benzene ring substituents is 1. The number of nitrogens with one attached hydrogen (secondary N) is 1. The lowest BCUT2D eigenvalue weighted by Gasteiger charge is -2.28. The molecular formula is C13H14BrClN2O3. The molecule has 5 nitrogen and oxygen atoms in total. The number of nitro groups is 1. The van der Waals surface area contributed by atoms with Crippen LogP contribution in [-0.2, 0) is 0 Å². The first kappa shape index (κ1) is 15.3. The van der Waals surface area contributed by atoms with Crippen molar-refractivity contribution in [2.45, 2.75) is 31.2 Å². The molecule has 0 bridgehead atoms. The summed E-state index contributed by atoms with van der Waals surface area (Å²) in [4.78, 5) is 22.8. The fourth-order valence-electron chi connectivity index (χ4n) is 2.50. The quantitative estimate of drug-likeness (QED) is 0.505. The number of carbonyl (C=O) groups is 1. The number of carbonyl (C=O) groups excluding carboxylic acids is 1. The van der Waals surface area contributed by atoms with Crippen LogP contribution < -0.4 is 5.32 Å². The lowest BCUT2D eigenvalue weighted by molar-refractivity contribution is -0.385. The van der Waals surface area contributed by atoms with Crippen LogP contribution in [-0.4, -0.2) is 21.7 Å². The normalized spacial score (nSPS) is 16.9. The first-order valence-corrected chi connectivity index (χ1v) is 7.80. The van der Waals surface area contributed by atoms with Crippen molar-refractivity contribution < 1.29 is 9.72 Å². The number of halogens is 2. The zero-order chi connectivity index (χ0) is 14.8. The van der Waals surface area contributed by atoms with Crippen molar-refractivity contribution >= 4 is 39.1 Å². The Bertz CT molecular complexity index is 544. The highest BCUT2D eigenvalue weighted by molar-refractivity contribution is 9.09.